The zero-order valence-corrected chi connectivity index (χ0v) is 13.2. The summed E-state index contributed by atoms with van der Waals surface area (Å²) in [7, 11) is -0.417. The van der Waals surface area contributed by atoms with E-state index in [2.05, 4.69) is 48.5 Å². The third-order valence-electron chi connectivity index (χ3n) is 3.03. The largest absolute Gasteiger partial charge is 0.352 e. The van der Waals surface area contributed by atoms with Gasteiger partial charge in [0.2, 0.25) is 0 Å². The zero-order chi connectivity index (χ0) is 15.5. The van der Waals surface area contributed by atoms with E-state index in [9.17, 15) is 0 Å². The van der Waals surface area contributed by atoms with Crippen LogP contribution < -0.4 is 0 Å². The molecule has 3 rings (SSSR count). The number of hydrogen-bond donors (Lipinski definition) is 1. The van der Waals surface area contributed by atoms with Crippen molar-refractivity contribution in [2.45, 2.75) is 6.61 Å². The molecule has 0 spiro atoms. The van der Waals surface area contributed by atoms with Gasteiger partial charge in [0.25, 0.3) is 0 Å². The van der Waals surface area contributed by atoms with Crippen LogP contribution in [-0.4, -0.2) is 4.89 Å². The first kappa shape index (κ1) is 16.4. The Balaban J connectivity index is 0.000000164. The monoisotopic (exact) mass is 310 g/mol. The molecule has 112 valence electrons. The van der Waals surface area contributed by atoms with Crippen molar-refractivity contribution in [2.75, 3.05) is 0 Å². The van der Waals surface area contributed by atoms with E-state index >= 15 is 0 Å². The molecular weight excluding hydrogens is 291 g/mol. The summed E-state index contributed by atoms with van der Waals surface area (Å²) in [5.41, 5.74) is 3.64. The lowest BCUT2D eigenvalue weighted by Gasteiger charge is -1.98. The fourth-order valence-electron chi connectivity index (χ4n) is 1.95. The second-order valence-electron chi connectivity index (χ2n) is 4.60. The molecule has 2 nitrogen and oxygen atoms in total. The topological polar surface area (TPSA) is 29.5 Å². The van der Waals surface area contributed by atoms with Crippen molar-refractivity contribution < 1.29 is 9.42 Å². The van der Waals surface area contributed by atoms with E-state index in [-0.39, 0.29) is 0 Å². The predicted molar refractivity (Wildman–Crippen MR) is 93.6 cm³/mol. The second-order valence-corrected chi connectivity index (χ2v) is 5.07. The highest BCUT2D eigenvalue weighted by Gasteiger charge is 1.91. The van der Waals surface area contributed by atoms with Crippen molar-refractivity contribution in [3.63, 3.8) is 0 Å². The molecule has 3 heteroatoms. The van der Waals surface area contributed by atoms with Crippen molar-refractivity contribution in [1.29, 1.82) is 0 Å². The summed E-state index contributed by atoms with van der Waals surface area (Å²) in [6, 6.07) is 30.5. The summed E-state index contributed by atoms with van der Waals surface area (Å²) in [6.07, 6.45) is 0. The Kier molecular flexibility index (Phi) is 7.34. The van der Waals surface area contributed by atoms with Gasteiger partial charge in [0.05, 0.1) is 6.61 Å². The quantitative estimate of drug-likeness (QED) is 0.683. The van der Waals surface area contributed by atoms with Crippen LogP contribution in [0.25, 0.3) is 11.1 Å². The Bertz CT molecular complexity index is 590. The van der Waals surface area contributed by atoms with E-state index < -0.39 is 9.03 Å². The van der Waals surface area contributed by atoms with Gasteiger partial charge in [-0.1, -0.05) is 91.0 Å². The Morgan fingerprint density at radius 2 is 1.05 bits per heavy atom. The van der Waals surface area contributed by atoms with Crippen LogP contribution in [0.1, 0.15) is 5.56 Å². The molecule has 0 saturated heterocycles. The van der Waals surface area contributed by atoms with E-state index in [1.165, 1.54) is 11.1 Å². The molecule has 0 heterocycles. The minimum Gasteiger partial charge on any atom is -0.352 e. The highest BCUT2D eigenvalue weighted by molar-refractivity contribution is 7.24. The predicted octanol–water partition coefficient (Wildman–Crippen LogP) is 5.06. The van der Waals surface area contributed by atoms with Crippen LogP contribution in [0.4, 0.5) is 0 Å². The van der Waals surface area contributed by atoms with Crippen molar-refractivity contribution in [2.24, 2.45) is 0 Å². The van der Waals surface area contributed by atoms with Crippen LogP contribution in [0.3, 0.4) is 0 Å². The fourth-order valence-corrected chi connectivity index (χ4v) is 2.18. The van der Waals surface area contributed by atoms with Gasteiger partial charge in [-0.05, 0) is 16.7 Å². The maximum absolute atomic E-state index is 8.33. The zero-order valence-electron chi connectivity index (χ0n) is 12.2. The van der Waals surface area contributed by atoms with Gasteiger partial charge in [-0.25, -0.2) is 0 Å². The van der Waals surface area contributed by atoms with Gasteiger partial charge >= 0.3 is 0 Å². The normalized spacial score (nSPS) is 10.2. The molecule has 0 radical (unpaired) electrons. The molecule has 0 aliphatic heterocycles. The summed E-state index contributed by atoms with van der Waals surface area (Å²) in [5, 5.41) is 0. The van der Waals surface area contributed by atoms with Crippen LogP contribution >= 0.6 is 9.03 Å². The lowest BCUT2D eigenvalue weighted by Crippen LogP contribution is -1.81. The van der Waals surface area contributed by atoms with Gasteiger partial charge in [0, 0.05) is 0 Å². The summed E-state index contributed by atoms with van der Waals surface area (Å²) in [6.45, 7) is 0.496. The maximum atomic E-state index is 8.33. The van der Waals surface area contributed by atoms with Crippen LogP contribution in [0.15, 0.2) is 91.0 Å². The molecule has 1 atom stereocenters. The molecule has 0 bridgehead atoms. The van der Waals surface area contributed by atoms with Gasteiger partial charge in [-0.2, -0.15) is 0 Å². The van der Waals surface area contributed by atoms with Crippen LogP contribution in [0.5, 0.6) is 0 Å². The standard InChI is InChI=1S/C12H10.C7H9O2P/c1-3-7-11(8-4-1)12-9-5-2-6-10-12;8-10-9-6-7-4-2-1-3-5-7/h1-10H;1-5,8,10H,6H2. The SMILES string of the molecule is OPOCc1ccccc1.c1ccc(-c2ccccc2)cc1. The van der Waals surface area contributed by atoms with Gasteiger partial charge in [-0.15, -0.1) is 0 Å². The first-order chi connectivity index (χ1) is 10.9. The molecule has 0 fully saturated rings. The smallest absolute Gasteiger partial charge is 0.152 e. The molecule has 0 aliphatic rings. The molecule has 0 aromatic heterocycles. The summed E-state index contributed by atoms with van der Waals surface area (Å²) in [5.74, 6) is 0. The maximum Gasteiger partial charge on any atom is 0.152 e. The highest BCUT2D eigenvalue weighted by atomic mass is 31.1. The number of rotatable bonds is 4. The Morgan fingerprint density at radius 3 is 1.45 bits per heavy atom. The third-order valence-corrected chi connectivity index (χ3v) is 3.30. The number of benzene rings is 3. The van der Waals surface area contributed by atoms with Crippen LogP contribution in [-0.2, 0) is 11.1 Å². The van der Waals surface area contributed by atoms with Gasteiger partial charge in [0.1, 0.15) is 0 Å². The summed E-state index contributed by atoms with van der Waals surface area (Å²) >= 11 is 0. The van der Waals surface area contributed by atoms with Gasteiger partial charge in [0.15, 0.2) is 9.03 Å². The Labute approximate surface area is 133 Å². The molecule has 1 unspecified atom stereocenters. The molecule has 3 aromatic carbocycles. The van der Waals surface area contributed by atoms with Crippen molar-refractivity contribution in [3.8, 4) is 11.1 Å². The molecule has 1 N–H and O–H groups in total. The van der Waals surface area contributed by atoms with Gasteiger partial charge < -0.3 is 9.42 Å². The highest BCUT2D eigenvalue weighted by Crippen LogP contribution is 2.17. The summed E-state index contributed by atoms with van der Waals surface area (Å²) < 4.78 is 4.80. The Hall–Kier alpha value is -1.99. The summed E-state index contributed by atoms with van der Waals surface area (Å²) in [4.78, 5) is 8.33. The van der Waals surface area contributed by atoms with E-state index in [4.69, 9.17) is 9.42 Å². The third kappa shape index (κ3) is 5.79. The van der Waals surface area contributed by atoms with E-state index in [1.807, 2.05) is 42.5 Å². The van der Waals surface area contributed by atoms with Gasteiger partial charge in [-0.3, -0.25) is 0 Å². The van der Waals surface area contributed by atoms with Crippen molar-refractivity contribution >= 4 is 9.03 Å². The molecule has 0 saturated carbocycles. The first-order valence-electron chi connectivity index (χ1n) is 7.05. The second kappa shape index (κ2) is 9.86. The number of hydrogen-bond acceptors (Lipinski definition) is 2. The molecule has 22 heavy (non-hydrogen) atoms. The van der Waals surface area contributed by atoms with Crippen molar-refractivity contribution in [1.82, 2.24) is 0 Å². The Morgan fingerprint density at radius 1 is 0.636 bits per heavy atom. The fraction of sp³-hybridized carbons (Fsp3) is 0.0526. The average molecular weight is 310 g/mol. The lowest BCUT2D eigenvalue weighted by atomic mass is 10.1. The van der Waals surface area contributed by atoms with E-state index in [1.54, 1.807) is 0 Å². The molecular formula is C19H19O2P. The van der Waals surface area contributed by atoms with Crippen molar-refractivity contribution in [3.05, 3.63) is 96.6 Å². The molecule has 3 aromatic rings. The van der Waals surface area contributed by atoms with Crippen LogP contribution in [0.2, 0.25) is 0 Å². The molecule has 0 amide bonds. The minimum atomic E-state index is -0.417. The average Bonchev–Trinajstić information content (AvgIpc) is 2.63. The first-order valence-corrected chi connectivity index (χ1v) is 7.91. The van der Waals surface area contributed by atoms with E-state index in [0.717, 1.165) is 5.56 Å². The van der Waals surface area contributed by atoms with Crippen LogP contribution in [0, 0.1) is 0 Å². The minimum absolute atomic E-state index is 0.417. The molecule has 0 aliphatic carbocycles. The lowest BCUT2D eigenvalue weighted by molar-refractivity contribution is 0.316. The van der Waals surface area contributed by atoms with E-state index in [0.29, 0.717) is 6.61 Å².